The molecule has 0 bridgehead atoms. The van der Waals surface area contributed by atoms with E-state index in [4.69, 9.17) is 10.5 Å². The van der Waals surface area contributed by atoms with Crippen LogP contribution in [0.4, 0.5) is 5.69 Å². The predicted molar refractivity (Wildman–Crippen MR) is 83.3 cm³/mol. The van der Waals surface area contributed by atoms with Crippen molar-refractivity contribution < 1.29 is 14.3 Å². The number of rotatable bonds is 4. The number of hydrogen-bond donors (Lipinski definition) is 1. The van der Waals surface area contributed by atoms with Gasteiger partial charge in [0, 0.05) is 24.1 Å². The molecule has 3 rings (SSSR count). The number of carbonyl (C=O) groups is 1. The van der Waals surface area contributed by atoms with Crippen molar-refractivity contribution in [2.45, 2.75) is 38.3 Å². The number of fused-ring (bicyclic) bond motifs is 1. The number of hydrogen-bond acceptors (Lipinski definition) is 5. The number of benzene rings is 1. The molecule has 1 aliphatic rings. The topological polar surface area (TPSA) is 79.4 Å². The Morgan fingerprint density at radius 2 is 2.36 bits per heavy atom. The van der Waals surface area contributed by atoms with Gasteiger partial charge < -0.3 is 15.2 Å². The number of esters is 1. The maximum atomic E-state index is 11.3. The smallest absolute Gasteiger partial charge is 0.305 e. The van der Waals surface area contributed by atoms with E-state index in [1.165, 1.54) is 7.11 Å². The van der Waals surface area contributed by atoms with Gasteiger partial charge in [-0.3, -0.25) is 4.79 Å². The van der Waals surface area contributed by atoms with Crippen molar-refractivity contribution in [2.75, 3.05) is 19.5 Å². The highest BCUT2D eigenvalue weighted by molar-refractivity contribution is 5.91. The summed E-state index contributed by atoms with van der Waals surface area (Å²) in [6.07, 6.45) is 5.90. The molecule has 118 valence electrons. The molecule has 1 aromatic carbocycles. The first kappa shape index (κ1) is 14.8. The van der Waals surface area contributed by atoms with Crippen LogP contribution in [0.25, 0.3) is 10.9 Å². The molecule has 6 nitrogen and oxygen atoms in total. The molecule has 1 fully saturated rings. The number of methoxy groups -OCH3 is 1. The third-order valence-corrected chi connectivity index (χ3v) is 4.08. The highest BCUT2D eigenvalue weighted by Gasteiger charge is 2.19. The van der Waals surface area contributed by atoms with Crippen LogP contribution in [0.1, 0.15) is 37.5 Å². The molecule has 0 radical (unpaired) electrons. The van der Waals surface area contributed by atoms with Gasteiger partial charge in [-0.2, -0.15) is 5.10 Å². The van der Waals surface area contributed by atoms with E-state index in [0.717, 1.165) is 42.3 Å². The van der Waals surface area contributed by atoms with Gasteiger partial charge >= 0.3 is 5.97 Å². The number of nitrogens with two attached hydrogens (primary N) is 1. The van der Waals surface area contributed by atoms with E-state index in [9.17, 15) is 4.79 Å². The SMILES string of the molecule is COC(=O)CCc1cc(N)c2cnn(C3CCCCO3)c2c1. The maximum Gasteiger partial charge on any atom is 0.305 e. The lowest BCUT2D eigenvalue weighted by molar-refractivity contribution is -0.140. The van der Waals surface area contributed by atoms with Gasteiger partial charge in [-0.1, -0.05) is 0 Å². The zero-order valence-corrected chi connectivity index (χ0v) is 12.7. The average molecular weight is 303 g/mol. The van der Waals surface area contributed by atoms with Crippen LogP contribution in [0, 0.1) is 0 Å². The minimum absolute atomic E-state index is 0.0264. The standard InChI is InChI=1S/C16H21N3O3/c1-21-16(20)6-5-11-8-13(17)12-10-18-19(14(12)9-11)15-4-2-3-7-22-15/h8-10,15H,2-7,17H2,1H3. The fourth-order valence-corrected chi connectivity index (χ4v) is 2.87. The Morgan fingerprint density at radius 3 is 3.09 bits per heavy atom. The summed E-state index contributed by atoms with van der Waals surface area (Å²) in [7, 11) is 1.40. The van der Waals surface area contributed by atoms with Crippen molar-refractivity contribution in [3.05, 3.63) is 23.9 Å². The Balaban J connectivity index is 1.90. The number of carbonyl (C=O) groups excluding carboxylic acids is 1. The first-order chi connectivity index (χ1) is 10.7. The van der Waals surface area contributed by atoms with Gasteiger partial charge in [0.2, 0.25) is 0 Å². The lowest BCUT2D eigenvalue weighted by Crippen LogP contribution is -2.19. The van der Waals surface area contributed by atoms with Crippen LogP contribution < -0.4 is 5.73 Å². The van der Waals surface area contributed by atoms with E-state index in [1.807, 2.05) is 16.8 Å². The van der Waals surface area contributed by atoms with Gasteiger partial charge in [-0.05, 0) is 43.4 Å². The number of anilines is 1. The van der Waals surface area contributed by atoms with Crippen molar-refractivity contribution in [1.82, 2.24) is 9.78 Å². The molecule has 0 spiro atoms. The number of ether oxygens (including phenoxy) is 2. The van der Waals surface area contributed by atoms with Crippen molar-refractivity contribution in [3.8, 4) is 0 Å². The van der Waals surface area contributed by atoms with Crippen molar-refractivity contribution in [2.24, 2.45) is 0 Å². The van der Waals surface area contributed by atoms with E-state index in [2.05, 4.69) is 9.84 Å². The molecule has 1 aliphatic heterocycles. The monoisotopic (exact) mass is 303 g/mol. The molecule has 2 aromatic rings. The molecule has 0 saturated carbocycles. The first-order valence-electron chi connectivity index (χ1n) is 7.63. The molecular weight excluding hydrogens is 282 g/mol. The molecule has 2 N–H and O–H groups in total. The Morgan fingerprint density at radius 1 is 1.50 bits per heavy atom. The van der Waals surface area contributed by atoms with Crippen LogP contribution in [0.5, 0.6) is 0 Å². The number of nitrogen functional groups attached to an aromatic ring is 1. The van der Waals surface area contributed by atoms with E-state index in [1.54, 1.807) is 6.20 Å². The van der Waals surface area contributed by atoms with Gasteiger partial charge in [0.15, 0.2) is 6.23 Å². The third kappa shape index (κ3) is 2.92. The van der Waals surface area contributed by atoms with Crippen molar-refractivity contribution in [3.63, 3.8) is 0 Å². The molecular formula is C16H21N3O3. The summed E-state index contributed by atoms with van der Waals surface area (Å²) in [5.74, 6) is -0.220. The third-order valence-electron chi connectivity index (χ3n) is 4.08. The Kier molecular flexibility index (Phi) is 4.29. The molecule has 6 heteroatoms. The van der Waals surface area contributed by atoms with E-state index in [-0.39, 0.29) is 12.2 Å². The van der Waals surface area contributed by atoms with E-state index >= 15 is 0 Å². The summed E-state index contributed by atoms with van der Waals surface area (Å²) < 4.78 is 12.4. The van der Waals surface area contributed by atoms with Gasteiger partial charge in [0.05, 0.1) is 18.8 Å². The quantitative estimate of drug-likeness (QED) is 0.693. The van der Waals surface area contributed by atoms with Crippen LogP contribution in [-0.4, -0.2) is 29.5 Å². The Bertz CT molecular complexity index is 675. The summed E-state index contributed by atoms with van der Waals surface area (Å²) in [4.78, 5) is 11.3. The highest BCUT2D eigenvalue weighted by atomic mass is 16.5. The largest absolute Gasteiger partial charge is 0.469 e. The van der Waals surface area contributed by atoms with Crippen molar-refractivity contribution >= 4 is 22.6 Å². The second kappa shape index (κ2) is 6.36. The summed E-state index contributed by atoms with van der Waals surface area (Å²) in [6.45, 7) is 0.767. The normalized spacial score (nSPS) is 18.5. The lowest BCUT2D eigenvalue weighted by Gasteiger charge is -2.23. The highest BCUT2D eigenvalue weighted by Crippen LogP contribution is 2.29. The van der Waals surface area contributed by atoms with Crippen molar-refractivity contribution in [1.29, 1.82) is 0 Å². The summed E-state index contributed by atoms with van der Waals surface area (Å²) in [5, 5.41) is 5.38. The summed E-state index contributed by atoms with van der Waals surface area (Å²) in [6, 6.07) is 3.94. The summed E-state index contributed by atoms with van der Waals surface area (Å²) >= 11 is 0. The zero-order valence-electron chi connectivity index (χ0n) is 12.7. The summed E-state index contributed by atoms with van der Waals surface area (Å²) in [5.41, 5.74) is 8.78. The molecule has 1 unspecified atom stereocenters. The van der Waals surface area contributed by atoms with Gasteiger partial charge in [-0.15, -0.1) is 0 Å². The molecule has 22 heavy (non-hydrogen) atoms. The first-order valence-corrected chi connectivity index (χ1v) is 7.63. The number of nitrogens with zero attached hydrogens (tertiary/aromatic N) is 2. The van der Waals surface area contributed by atoms with Crippen LogP contribution in [0.15, 0.2) is 18.3 Å². The fourth-order valence-electron chi connectivity index (χ4n) is 2.87. The minimum atomic E-state index is -0.220. The average Bonchev–Trinajstić information content (AvgIpc) is 2.98. The minimum Gasteiger partial charge on any atom is -0.469 e. The molecule has 0 amide bonds. The molecule has 1 saturated heterocycles. The predicted octanol–water partition coefficient (Wildman–Crippen LogP) is 2.42. The second-order valence-electron chi connectivity index (χ2n) is 5.60. The molecule has 0 aliphatic carbocycles. The maximum absolute atomic E-state index is 11.3. The lowest BCUT2D eigenvalue weighted by atomic mass is 10.1. The molecule has 1 aromatic heterocycles. The van der Waals surface area contributed by atoms with E-state index in [0.29, 0.717) is 18.5 Å². The Labute approximate surface area is 129 Å². The van der Waals surface area contributed by atoms with Gasteiger partial charge in [-0.25, -0.2) is 4.68 Å². The van der Waals surface area contributed by atoms with Crippen LogP contribution >= 0.6 is 0 Å². The van der Waals surface area contributed by atoms with Gasteiger partial charge in [0.25, 0.3) is 0 Å². The zero-order chi connectivity index (χ0) is 15.5. The number of aryl methyl sites for hydroxylation is 1. The van der Waals surface area contributed by atoms with Gasteiger partial charge in [0.1, 0.15) is 0 Å². The van der Waals surface area contributed by atoms with E-state index < -0.39 is 0 Å². The second-order valence-corrected chi connectivity index (χ2v) is 5.60. The fraction of sp³-hybridized carbons (Fsp3) is 0.500. The van der Waals surface area contributed by atoms with Crippen LogP contribution in [0.3, 0.4) is 0 Å². The molecule has 1 atom stereocenters. The van der Waals surface area contributed by atoms with Crippen LogP contribution in [-0.2, 0) is 20.7 Å². The molecule has 2 heterocycles. The Hall–Kier alpha value is -2.08. The number of aromatic nitrogens is 2. The van der Waals surface area contributed by atoms with Crippen LogP contribution in [0.2, 0.25) is 0 Å².